The number of carbonyl (C=O) groups excluding carboxylic acids is 1. The third-order valence-electron chi connectivity index (χ3n) is 4.36. The minimum atomic E-state index is -0.243. The van der Waals surface area contributed by atoms with E-state index in [0.717, 1.165) is 28.6 Å². The molecule has 1 amide bonds. The van der Waals surface area contributed by atoms with E-state index in [4.69, 9.17) is 9.47 Å². The number of fused-ring (bicyclic) bond motifs is 1. The predicted molar refractivity (Wildman–Crippen MR) is 106 cm³/mol. The Morgan fingerprint density at radius 2 is 2.29 bits per heavy atom. The van der Waals surface area contributed by atoms with E-state index in [1.54, 1.807) is 10.9 Å². The van der Waals surface area contributed by atoms with Crippen LogP contribution in [0.25, 0.3) is 5.13 Å². The van der Waals surface area contributed by atoms with Crippen LogP contribution in [0.2, 0.25) is 0 Å². The van der Waals surface area contributed by atoms with Crippen molar-refractivity contribution >= 4 is 17.2 Å². The molecule has 3 aromatic rings. The molecule has 7 nitrogen and oxygen atoms in total. The van der Waals surface area contributed by atoms with Crippen molar-refractivity contribution in [1.82, 2.24) is 20.1 Å². The van der Waals surface area contributed by atoms with E-state index in [1.165, 1.54) is 11.3 Å². The van der Waals surface area contributed by atoms with Gasteiger partial charge < -0.3 is 14.8 Å². The highest BCUT2D eigenvalue weighted by molar-refractivity contribution is 7.12. The second-order valence-corrected chi connectivity index (χ2v) is 8.08. The minimum absolute atomic E-state index is 0.0458. The molecule has 3 heterocycles. The summed E-state index contributed by atoms with van der Waals surface area (Å²) in [6, 6.07) is 7.65. The van der Waals surface area contributed by atoms with E-state index in [1.807, 2.05) is 49.7 Å². The van der Waals surface area contributed by atoms with E-state index in [-0.39, 0.29) is 18.1 Å². The number of aromatic nitrogens is 3. The zero-order valence-corrected chi connectivity index (χ0v) is 16.7. The molecule has 1 aliphatic heterocycles. The Morgan fingerprint density at radius 1 is 1.39 bits per heavy atom. The van der Waals surface area contributed by atoms with Crippen LogP contribution in [0.1, 0.15) is 25.1 Å². The summed E-state index contributed by atoms with van der Waals surface area (Å²) in [6.07, 6.45) is 5.06. The molecule has 0 aliphatic carbocycles. The van der Waals surface area contributed by atoms with Crippen LogP contribution in [0.5, 0.6) is 11.5 Å². The highest BCUT2D eigenvalue weighted by atomic mass is 32.1. The number of hydrogen-bond donors (Lipinski definition) is 1. The van der Waals surface area contributed by atoms with Crippen LogP contribution in [-0.2, 0) is 17.6 Å². The Hall–Kier alpha value is -2.87. The molecular weight excluding hydrogens is 376 g/mol. The zero-order chi connectivity index (χ0) is 19.6. The van der Waals surface area contributed by atoms with Crippen molar-refractivity contribution < 1.29 is 14.3 Å². The summed E-state index contributed by atoms with van der Waals surface area (Å²) >= 11 is 1.52. The molecular formula is C20H22N4O3S. The Balaban J connectivity index is 1.25. The van der Waals surface area contributed by atoms with Crippen LogP contribution in [0, 0.1) is 0 Å². The fourth-order valence-electron chi connectivity index (χ4n) is 3.12. The number of nitrogens with zero attached hydrogens (tertiary/aromatic N) is 3. The first kappa shape index (κ1) is 18.5. The molecule has 4 rings (SSSR count). The third-order valence-corrected chi connectivity index (χ3v) is 5.24. The Labute approximate surface area is 167 Å². The molecule has 0 saturated carbocycles. The van der Waals surface area contributed by atoms with E-state index >= 15 is 0 Å². The monoisotopic (exact) mass is 398 g/mol. The maximum absolute atomic E-state index is 12.1. The highest BCUT2D eigenvalue weighted by Gasteiger charge is 2.32. The Bertz CT molecular complexity index is 966. The molecule has 0 atom stereocenters. The van der Waals surface area contributed by atoms with Crippen molar-refractivity contribution in [3.05, 3.63) is 53.3 Å². The normalized spacial score (nSPS) is 14.4. The topological polar surface area (TPSA) is 78.3 Å². The zero-order valence-electron chi connectivity index (χ0n) is 15.8. The van der Waals surface area contributed by atoms with Crippen molar-refractivity contribution in [2.24, 2.45) is 0 Å². The van der Waals surface area contributed by atoms with Gasteiger partial charge in [0.15, 0.2) is 18.1 Å². The first-order chi connectivity index (χ1) is 13.5. The number of para-hydroxylation sites is 1. The average molecular weight is 398 g/mol. The van der Waals surface area contributed by atoms with Gasteiger partial charge >= 0.3 is 0 Å². The van der Waals surface area contributed by atoms with E-state index < -0.39 is 0 Å². The second-order valence-electron chi connectivity index (χ2n) is 7.24. The summed E-state index contributed by atoms with van der Waals surface area (Å²) in [6.45, 7) is 4.54. The summed E-state index contributed by atoms with van der Waals surface area (Å²) in [5.41, 5.74) is 1.79. The third kappa shape index (κ3) is 4.17. The van der Waals surface area contributed by atoms with Gasteiger partial charge in [0.05, 0.1) is 5.69 Å². The lowest BCUT2D eigenvalue weighted by Crippen LogP contribution is -2.30. The number of benzene rings is 1. The van der Waals surface area contributed by atoms with Crippen molar-refractivity contribution in [2.75, 3.05) is 13.2 Å². The number of nitrogens with one attached hydrogen (secondary N) is 1. The van der Waals surface area contributed by atoms with Crippen LogP contribution in [0.4, 0.5) is 0 Å². The second kappa shape index (κ2) is 7.63. The molecule has 2 aromatic heterocycles. The molecule has 1 N–H and O–H groups in total. The lowest BCUT2D eigenvalue weighted by molar-refractivity contribution is -0.123. The molecule has 1 aromatic carbocycles. The molecule has 8 heteroatoms. The molecule has 0 unspecified atom stereocenters. The Morgan fingerprint density at radius 3 is 3.11 bits per heavy atom. The van der Waals surface area contributed by atoms with E-state index in [9.17, 15) is 4.79 Å². The van der Waals surface area contributed by atoms with E-state index in [2.05, 4.69) is 15.4 Å². The van der Waals surface area contributed by atoms with Gasteiger partial charge in [0.2, 0.25) is 5.13 Å². The van der Waals surface area contributed by atoms with Crippen LogP contribution in [-0.4, -0.2) is 39.4 Å². The molecule has 146 valence electrons. The van der Waals surface area contributed by atoms with Gasteiger partial charge in [-0.2, -0.15) is 5.10 Å². The van der Waals surface area contributed by atoms with Crippen molar-refractivity contribution in [2.45, 2.75) is 32.3 Å². The molecule has 28 heavy (non-hydrogen) atoms. The highest BCUT2D eigenvalue weighted by Crippen LogP contribution is 2.41. The fourth-order valence-corrected chi connectivity index (χ4v) is 3.92. The summed E-state index contributed by atoms with van der Waals surface area (Å²) in [5, 5.41) is 9.82. The van der Waals surface area contributed by atoms with Gasteiger partial charge in [-0.05, 0) is 26.0 Å². The lowest BCUT2D eigenvalue weighted by Gasteiger charge is -2.18. The van der Waals surface area contributed by atoms with Crippen LogP contribution >= 0.6 is 11.3 Å². The fraction of sp³-hybridized carbons (Fsp3) is 0.350. The number of thiazole rings is 1. The maximum atomic E-state index is 12.1. The van der Waals surface area contributed by atoms with Crippen molar-refractivity contribution in [3.8, 4) is 16.6 Å². The van der Waals surface area contributed by atoms with Gasteiger partial charge in [-0.15, -0.1) is 11.3 Å². The maximum Gasteiger partial charge on any atom is 0.257 e. The van der Waals surface area contributed by atoms with Crippen LogP contribution in [0.3, 0.4) is 0 Å². The predicted octanol–water partition coefficient (Wildman–Crippen LogP) is 2.78. The van der Waals surface area contributed by atoms with Crippen LogP contribution < -0.4 is 14.8 Å². The van der Waals surface area contributed by atoms with E-state index in [0.29, 0.717) is 18.7 Å². The Kier molecular flexibility index (Phi) is 5.04. The standard InChI is InChI=1S/C20H22N4O3S/c1-20(2)11-14-5-3-6-16(18(14)27-20)26-12-17(25)21-9-7-15-13-28-19(23-15)24-10-4-8-22-24/h3-6,8,10,13H,7,9,11-12H2,1-2H3,(H,21,25). The smallest absolute Gasteiger partial charge is 0.257 e. The summed E-state index contributed by atoms with van der Waals surface area (Å²) in [7, 11) is 0. The van der Waals surface area contributed by atoms with Gasteiger partial charge in [-0.1, -0.05) is 12.1 Å². The molecule has 0 saturated heterocycles. The first-order valence-corrected chi connectivity index (χ1v) is 10.0. The SMILES string of the molecule is CC1(C)Cc2cccc(OCC(=O)NCCc3csc(-n4cccn4)n3)c2O1. The van der Waals surface area contributed by atoms with Gasteiger partial charge in [0.25, 0.3) is 5.91 Å². The minimum Gasteiger partial charge on any atom is -0.483 e. The molecule has 0 fully saturated rings. The van der Waals surface area contributed by atoms with Gasteiger partial charge in [0, 0.05) is 42.7 Å². The number of carbonyl (C=O) groups is 1. The number of ether oxygens (including phenoxy) is 2. The number of hydrogen-bond acceptors (Lipinski definition) is 6. The molecule has 0 bridgehead atoms. The van der Waals surface area contributed by atoms with Gasteiger partial charge in [-0.25, -0.2) is 9.67 Å². The molecule has 0 spiro atoms. The summed E-state index contributed by atoms with van der Waals surface area (Å²) in [5.74, 6) is 1.19. The summed E-state index contributed by atoms with van der Waals surface area (Å²) < 4.78 is 13.4. The number of amides is 1. The number of rotatable bonds is 7. The average Bonchev–Trinajstić information content (AvgIpc) is 3.38. The lowest BCUT2D eigenvalue weighted by atomic mass is 10.0. The summed E-state index contributed by atoms with van der Waals surface area (Å²) in [4.78, 5) is 16.6. The van der Waals surface area contributed by atoms with Gasteiger partial charge in [-0.3, -0.25) is 4.79 Å². The van der Waals surface area contributed by atoms with Crippen LogP contribution in [0.15, 0.2) is 42.0 Å². The quantitative estimate of drug-likeness (QED) is 0.662. The van der Waals surface area contributed by atoms with Crippen molar-refractivity contribution in [3.63, 3.8) is 0 Å². The largest absolute Gasteiger partial charge is 0.483 e. The first-order valence-electron chi connectivity index (χ1n) is 9.15. The van der Waals surface area contributed by atoms with Crippen molar-refractivity contribution in [1.29, 1.82) is 0 Å². The molecule has 1 aliphatic rings. The molecule has 0 radical (unpaired) electrons. The van der Waals surface area contributed by atoms with Gasteiger partial charge in [0.1, 0.15) is 5.60 Å².